The van der Waals surface area contributed by atoms with Gasteiger partial charge in [0.1, 0.15) is 0 Å². The lowest BCUT2D eigenvalue weighted by molar-refractivity contribution is 0.0698. The molecule has 4 aromatic rings. The Morgan fingerprint density at radius 2 is 1.38 bits per heavy atom. The molecule has 0 saturated carbocycles. The third kappa shape index (κ3) is 3.41. The number of hydrogen-bond donors (Lipinski definition) is 3. The molecule has 0 aliphatic heterocycles. The van der Waals surface area contributed by atoms with E-state index in [9.17, 15) is 18.3 Å². The van der Waals surface area contributed by atoms with Gasteiger partial charge in [-0.05, 0) is 46.2 Å². The number of para-hydroxylation sites is 1. The summed E-state index contributed by atoms with van der Waals surface area (Å²) in [5.41, 5.74) is 2.32. The van der Waals surface area contributed by atoms with Crippen molar-refractivity contribution in [3.63, 3.8) is 0 Å². The van der Waals surface area contributed by atoms with Gasteiger partial charge in [-0.3, -0.25) is 0 Å². The van der Waals surface area contributed by atoms with E-state index in [1.54, 1.807) is 48.5 Å². The molecular formula is C25H20N2O4S. The minimum Gasteiger partial charge on any atom is -0.478 e. The SMILES string of the molecule is O=C(O)c1ccccc1NC1c2cccc3cccc(c23)C1NS(=O)(=O)c1ccccc1. The van der Waals surface area contributed by atoms with Crippen LogP contribution >= 0.6 is 0 Å². The van der Waals surface area contributed by atoms with Crippen molar-refractivity contribution < 1.29 is 18.3 Å². The van der Waals surface area contributed by atoms with Crippen LogP contribution in [-0.4, -0.2) is 19.5 Å². The van der Waals surface area contributed by atoms with E-state index >= 15 is 0 Å². The molecule has 1 aliphatic carbocycles. The maximum atomic E-state index is 13.2. The third-order valence-corrected chi connectivity index (χ3v) is 7.23. The summed E-state index contributed by atoms with van der Waals surface area (Å²) in [5.74, 6) is -1.05. The fourth-order valence-electron chi connectivity index (χ4n) is 4.37. The van der Waals surface area contributed by atoms with E-state index in [0.29, 0.717) is 5.69 Å². The summed E-state index contributed by atoms with van der Waals surface area (Å²) in [6, 6.07) is 25.4. The number of carbonyl (C=O) groups is 1. The van der Waals surface area contributed by atoms with Crippen molar-refractivity contribution in [1.82, 2.24) is 4.72 Å². The lowest BCUT2D eigenvalue weighted by atomic mass is 10.0. The highest BCUT2D eigenvalue weighted by molar-refractivity contribution is 7.89. The maximum absolute atomic E-state index is 13.2. The summed E-state index contributed by atoms with van der Waals surface area (Å²) in [5, 5.41) is 14.9. The smallest absolute Gasteiger partial charge is 0.337 e. The summed E-state index contributed by atoms with van der Waals surface area (Å²) in [6.45, 7) is 0. The van der Waals surface area contributed by atoms with E-state index in [0.717, 1.165) is 21.9 Å². The third-order valence-electron chi connectivity index (χ3n) is 5.78. The molecule has 5 rings (SSSR count). The molecule has 32 heavy (non-hydrogen) atoms. The molecule has 0 fully saturated rings. The number of sulfonamides is 1. The Bertz CT molecular complexity index is 1430. The quantitative estimate of drug-likeness (QED) is 0.400. The highest BCUT2D eigenvalue weighted by atomic mass is 32.2. The first-order valence-corrected chi connectivity index (χ1v) is 11.6. The van der Waals surface area contributed by atoms with Gasteiger partial charge >= 0.3 is 5.97 Å². The van der Waals surface area contributed by atoms with E-state index in [-0.39, 0.29) is 10.5 Å². The minimum absolute atomic E-state index is 0.125. The number of anilines is 1. The zero-order valence-electron chi connectivity index (χ0n) is 16.9. The molecule has 2 atom stereocenters. The molecule has 1 aliphatic rings. The number of hydrogen-bond acceptors (Lipinski definition) is 4. The van der Waals surface area contributed by atoms with Crippen LogP contribution in [-0.2, 0) is 10.0 Å². The zero-order valence-corrected chi connectivity index (χ0v) is 17.7. The second kappa shape index (κ2) is 7.78. The Hall–Kier alpha value is -3.68. The van der Waals surface area contributed by atoms with Crippen molar-refractivity contribution in [3.05, 3.63) is 108 Å². The highest BCUT2D eigenvalue weighted by Crippen LogP contribution is 2.46. The van der Waals surface area contributed by atoms with Gasteiger partial charge in [0.15, 0.2) is 0 Å². The van der Waals surface area contributed by atoms with Gasteiger partial charge in [0.2, 0.25) is 10.0 Å². The van der Waals surface area contributed by atoms with Crippen LogP contribution in [0.3, 0.4) is 0 Å². The average molecular weight is 445 g/mol. The lowest BCUT2D eigenvalue weighted by Crippen LogP contribution is -2.33. The second-order valence-electron chi connectivity index (χ2n) is 7.68. The van der Waals surface area contributed by atoms with E-state index in [4.69, 9.17) is 0 Å². The summed E-state index contributed by atoms with van der Waals surface area (Å²) in [7, 11) is -3.82. The van der Waals surface area contributed by atoms with Crippen LogP contribution in [0.1, 0.15) is 33.6 Å². The first kappa shape index (κ1) is 20.2. The molecule has 160 valence electrons. The van der Waals surface area contributed by atoms with Crippen LogP contribution in [0.2, 0.25) is 0 Å². The fourth-order valence-corrected chi connectivity index (χ4v) is 5.62. The topological polar surface area (TPSA) is 95.5 Å². The van der Waals surface area contributed by atoms with Crippen molar-refractivity contribution >= 4 is 32.5 Å². The van der Waals surface area contributed by atoms with Gasteiger partial charge < -0.3 is 10.4 Å². The van der Waals surface area contributed by atoms with Crippen LogP contribution in [0.25, 0.3) is 10.8 Å². The highest BCUT2D eigenvalue weighted by Gasteiger charge is 2.37. The van der Waals surface area contributed by atoms with E-state index in [1.165, 1.54) is 6.07 Å². The van der Waals surface area contributed by atoms with Gasteiger partial charge in [-0.25, -0.2) is 17.9 Å². The van der Waals surface area contributed by atoms with Crippen LogP contribution in [0, 0.1) is 0 Å². The number of carboxylic acid groups (broad SMARTS) is 1. The maximum Gasteiger partial charge on any atom is 0.337 e. The normalized spacial score (nSPS) is 17.4. The van der Waals surface area contributed by atoms with Gasteiger partial charge in [-0.15, -0.1) is 0 Å². The summed E-state index contributed by atoms with van der Waals surface area (Å²) in [6.07, 6.45) is 0. The molecule has 0 bridgehead atoms. The van der Waals surface area contributed by atoms with Crippen molar-refractivity contribution in [1.29, 1.82) is 0 Å². The molecule has 3 N–H and O–H groups in total. The standard InChI is InChI=1S/C25H20N2O4S/c28-25(29)18-12-4-5-15-21(18)26-23-19-13-6-8-16-9-7-14-20(22(16)19)24(23)27-32(30,31)17-10-2-1-3-11-17/h1-15,23-24,26-27H,(H,28,29). The van der Waals surface area contributed by atoms with E-state index in [1.807, 2.05) is 36.4 Å². The molecule has 6 nitrogen and oxygen atoms in total. The molecule has 2 unspecified atom stereocenters. The number of carboxylic acids is 1. The summed E-state index contributed by atoms with van der Waals surface area (Å²) < 4.78 is 29.3. The molecule has 0 saturated heterocycles. The zero-order chi connectivity index (χ0) is 22.3. The predicted molar refractivity (Wildman–Crippen MR) is 123 cm³/mol. The monoisotopic (exact) mass is 444 g/mol. The second-order valence-corrected chi connectivity index (χ2v) is 9.39. The van der Waals surface area contributed by atoms with Crippen molar-refractivity contribution in [2.75, 3.05) is 5.32 Å². The minimum atomic E-state index is -3.82. The molecule has 0 heterocycles. The van der Waals surface area contributed by atoms with E-state index < -0.39 is 28.1 Å². The van der Waals surface area contributed by atoms with Crippen molar-refractivity contribution in [3.8, 4) is 0 Å². The molecule has 4 aromatic carbocycles. The number of benzene rings is 4. The Kier molecular flexibility index (Phi) is 4.92. The molecular weight excluding hydrogens is 424 g/mol. The number of aromatic carboxylic acids is 1. The van der Waals surface area contributed by atoms with Gasteiger partial charge in [0, 0.05) is 5.69 Å². The summed E-state index contributed by atoms with van der Waals surface area (Å²) in [4.78, 5) is 11.9. The first-order chi connectivity index (χ1) is 15.5. The largest absolute Gasteiger partial charge is 0.478 e. The van der Waals surface area contributed by atoms with Crippen LogP contribution < -0.4 is 10.0 Å². The Labute approximate surface area is 185 Å². The Balaban J connectivity index is 1.62. The van der Waals surface area contributed by atoms with Gasteiger partial charge in [0.05, 0.1) is 22.5 Å². The molecule has 0 spiro atoms. The summed E-state index contributed by atoms with van der Waals surface area (Å²) >= 11 is 0. The van der Waals surface area contributed by atoms with Crippen molar-refractivity contribution in [2.24, 2.45) is 0 Å². The molecule has 0 aromatic heterocycles. The van der Waals surface area contributed by atoms with Gasteiger partial charge in [0.25, 0.3) is 0 Å². The number of nitrogens with one attached hydrogen (secondary N) is 2. The van der Waals surface area contributed by atoms with Crippen LogP contribution in [0.5, 0.6) is 0 Å². The van der Waals surface area contributed by atoms with Crippen molar-refractivity contribution in [2.45, 2.75) is 17.0 Å². The fraction of sp³-hybridized carbons (Fsp3) is 0.0800. The van der Waals surface area contributed by atoms with E-state index in [2.05, 4.69) is 10.0 Å². The molecule has 0 amide bonds. The lowest BCUT2D eigenvalue weighted by Gasteiger charge is -2.26. The molecule has 7 heteroatoms. The van der Waals surface area contributed by atoms with Gasteiger partial charge in [-0.2, -0.15) is 0 Å². The number of rotatable bonds is 6. The predicted octanol–water partition coefficient (Wildman–Crippen LogP) is 4.72. The molecule has 0 radical (unpaired) electrons. The van der Waals surface area contributed by atoms with Gasteiger partial charge in [-0.1, -0.05) is 66.7 Å². The Morgan fingerprint density at radius 1 is 0.750 bits per heavy atom. The van der Waals surface area contributed by atoms with Crippen LogP contribution in [0.4, 0.5) is 5.69 Å². The van der Waals surface area contributed by atoms with Crippen LogP contribution in [0.15, 0.2) is 95.9 Å². The Morgan fingerprint density at radius 3 is 2.06 bits per heavy atom. The first-order valence-electron chi connectivity index (χ1n) is 10.1. The average Bonchev–Trinajstić information content (AvgIpc) is 3.09.